The molecule has 9 nitrogen and oxygen atoms in total. The van der Waals surface area contributed by atoms with Gasteiger partial charge in [-0.15, -0.1) is 0 Å². The molecule has 0 saturated heterocycles. The van der Waals surface area contributed by atoms with Crippen molar-refractivity contribution in [3.63, 3.8) is 0 Å². The lowest BCUT2D eigenvalue weighted by Crippen LogP contribution is -2.47. The Hall–Kier alpha value is -5.05. The second-order valence-corrected chi connectivity index (χ2v) is 11.1. The minimum atomic E-state index is -1.00. The lowest BCUT2D eigenvalue weighted by Gasteiger charge is -2.48. The van der Waals surface area contributed by atoms with Crippen LogP contribution in [0, 0.1) is 23.7 Å². The fourth-order valence-corrected chi connectivity index (χ4v) is 6.86. The summed E-state index contributed by atoms with van der Waals surface area (Å²) in [6, 6.07) is 6.74. The number of aliphatic hydroxyl groups is 4. The molecule has 0 heterocycles. The molecule has 0 aromatic heterocycles. The molecule has 2 aromatic rings. The number of fused-ring (bicyclic) bond motifs is 2. The van der Waals surface area contributed by atoms with Gasteiger partial charge >= 0.3 is 0 Å². The van der Waals surface area contributed by atoms with Crippen molar-refractivity contribution in [1.29, 1.82) is 0 Å². The summed E-state index contributed by atoms with van der Waals surface area (Å²) < 4.78 is 0. The van der Waals surface area contributed by atoms with Crippen LogP contribution in [0.5, 0.6) is 23.0 Å². The third-order valence-corrected chi connectivity index (χ3v) is 8.47. The molecule has 0 spiro atoms. The molecule has 0 bridgehead atoms. The molecular formula is C32H28O9. The molecule has 8 N–H and O–H groups in total. The summed E-state index contributed by atoms with van der Waals surface area (Å²) in [5, 5.41) is 84.0. The second kappa shape index (κ2) is 9.26. The minimum Gasteiger partial charge on any atom is -0.511 e. The highest BCUT2D eigenvalue weighted by molar-refractivity contribution is 6.02. The van der Waals surface area contributed by atoms with E-state index in [1.165, 1.54) is 24.3 Å². The summed E-state index contributed by atoms with van der Waals surface area (Å²) in [4.78, 5) is 14.1. The zero-order valence-electron chi connectivity index (χ0n) is 21.9. The summed E-state index contributed by atoms with van der Waals surface area (Å²) in [5.74, 6) is -6.54. The topological polar surface area (TPSA) is 179 Å². The maximum absolute atomic E-state index is 14.1. The number of aromatic hydroxyl groups is 4. The van der Waals surface area contributed by atoms with E-state index in [1.54, 1.807) is 18.2 Å². The van der Waals surface area contributed by atoms with Gasteiger partial charge in [-0.05, 0) is 48.6 Å². The number of phenols is 4. The summed E-state index contributed by atoms with van der Waals surface area (Å²) in [6.07, 6.45) is 7.55. The monoisotopic (exact) mass is 556 g/mol. The van der Waals surface area contributed by atoms with Crippen LogP contribution in [0.2, 0.25) is 0 Å². The molecule has 6 rings (SSSR count). The van der Waals surface area contributed by atoms with Crippen LogP contribution in [-0.2, 0) is 4.79 Å². The highest BCUT2D eigenvalue weighted by Gasteiger charge is 2.56. The first-order valence-corrected chi connectivity index (χ1v) is 13.1. The number of carbonyl (C=O) groups excluding carboxylic acids is 1. The van der Waals surface area contributed by atoms with Crippen molar-refractivity contribution in [3.05, 3.63) is 105 Å². The molecule has 2 aromatic carbocycles. The average molecular weight is 557 g/mol. The van der Waals surface area contributed by atoms with Gasteiger partial charge in [0.1, 0.15) is 46.0 Å². The molecule has 4 aliphatic rings. The Morgan fingerprint density at radius 3 is 2.10 bits per heavy atom. The van der Waals surface area contributed by atoms with Crippen LogP contribution in [0.3, 0.4) is 0 Å². The van der Waals surface area contributed by atoms with Crippen LogP contribution in [0.1, 0.15) is 36.0 Å². The number of ketones is 1. The quantitative estimate of drug-likeness (QED) is 0.174. The number of allylic oxidation sites excluding steroid dienone is 6. The Labute approximate surface area is 234 Å². The molecule has 4 aliphatic carbocycles. The highest BCUT2D eigenvalue weighted by atomic mass is 16.3. The van der Waals surface area contributed by atoms with Gasteiger partial charge < -0.3 is 40.9 Å². The molecule has 5 unspecified atom stereocenters. The lowest BCUT2D eigenvalue weighted by molar-refractivity contribution is -0.123. The van der Waals surface area contributed by atoms with Crippen molar-refractivity contribution >= 4 is 17.9 Å². The Kier molecular flexibility index (Phi) is 5.92. The zero-order valence-corrected chi connectivity index (χ0v) is 21.9. The molecule has 210 valence electrons. The summed E-state index contributed by atoms with van der Waals surface area (Å²) in [7, 11) is 0. The SMILES string of the molecule is CC1=CC(c2cc(/C=C/c3cc(O)cc(O)c3)c(O)cc2O)C2C(=O)C3=C(O)C=C(O)C4C(O)=CC(O)=C(C2C1)C34. The van der Waals surface area contributed by atoms with Crippen LogP contribution in [0.15, 0.2) is 88.3 Å². The van der Waals surface area contributed by atoms with Crippen molar-refractivity contribution < 1.29 is 45.6 Å². The number of benzene rings is 2. The number of hydrogen-bond donors (Lipinski definition) is 8. The van der Waals surface area contributed by atoms with E-state index >= 15 is 0 Å². The molecule has 1 saturated carbocycles. The van der Waals surface area contributed by atoms with Crippen molar-refractivity contribution in [1.82, 2.24) is 0 Å². The summed E-state index contributed by atoms with van der Waals surface area (Å²) in [6.45, 7) is 1.87. The zero-order chi connectivity index (χ0) is 29.3. The van der Waals surface area contributed by atoms with Gasteiger partial charge in [0.15, 0.2) is 5.78 Å². The van der Waals surface area contributed by atoms with Gasteiger partial charge in [0.05, 0.1) is 5.92 Å². The van der Waals surface area contributed by atoms with Crippen LogP contribution in [0.25, 0.3) is 12.2 Å². The van der Waals surface area contributed by atoms with Crippen molar-refractivity contribution in [3.8, 4) is 23.0 Å². The van der Waals surface area contributed by atoms with Gasteiger partial charge in [0, 0.05) is 58.7 Å². The van der Waals surface area contributed by atoms with E-state index in [2.05, 4.69) is 0 Å². The van der Waals surface area contributed by atoms with Crippen molar-refractivity contribution in [2.45, 2.75) is 19.3 Å². The third kappa shape index (κ3) is 4.12. The molecule has 0 amide bonds. The number of rotatable bonds is 3. The van der Waals surface area contributed by atoms with Gasteiger partial charge in [-0.25, -0.2) is 0 Å². The van der Waals surface area contributed by atoms with Crippen LogP contribution in [-0.4, -0.2) is 46.6 Å². The molecule has 0 radical (unpaired) electrons. The van der Waals surface area contributed by atoms with E-state index in [9.17, 15) is 45.6 Å². The normalized spacial score (nSPS) is 27.3. The number of phenolic OH excluding ortho intramolecular Hbond substituents is 4. The summed E-state index contributed by atoms with van der Waals surface area (Å²) >= 11 is 0. The first-order valence-electron chi connectivity index (χ1n) is 13.1. The van der Waals surface area contributed by atoms with E-state index < -0.39 is 41.1 Å². The van der Waals surface area contributed by atoms with Gasteiger partial charge in [0.2, 0.25) is 0 Å². The standard InChI is InChI=1S/C32H28O9/c1-13-4-19(18-8-15(21(35)10-22(18)36)3-2-14-6-16(33)9-17(34)7-14)27-20(5-13)28-23(37)11-24(38)29-25(39)12-26(40)30(31(28)29)32(27)41/h2-4,6-12,19-20,27,29,31,33-40H,5H2,1H3/b3-2+. The Balaban J connectivity index is 1.48. The van der Waals surface area contributed by atoms with Crippen LogP contribution < -0.4 is 0 Å². The molecular weight excluding hydrogens is 528 g/mol. The molecule has 9 heteroatoms. The Bertz CT molecular complexity index is 1680. The molecule has 5 atom stereocenters. The van der Waals surface area contributed by atoms with Gasteiger partial charge in [-0.3, -0.25) is 4.79 Å². The van der Waals surface area contributed by atoms with Gasteiger partial charge in [-0.2, -0.15) is 0 Å². The second-order valence-electron chi connectivity index (χ2n) is 11.1. The van der Waals surface area contributed by atoms with E-state index in [-0.39, 0.29) is 45.8 Å². The smallest absolute Gasteiger partial charge is 0.167 e. The lowest BCUT2D eigenvalue weighted by atomic mass is 9.54. The van der Waals surface area contributed by atoms with Crippen molar-refractivity contribution in [2.75, 3.05) is 0 Å². The van der Waals surface area contributed by atoms with E-state index in [1.807, 2.05) is 13.0 Å². The molecule has 1 fully saturated rings. The molecule has 0 aliphatic heterocycles. The fraction of sp³-hybridized carbons (Fsp3) is 0.219. The number of carbonyl (C=O) groups is 1. The van der Waals surface area contributed by atoms with E-state index in [0.29, 0.717) is 28.7 Å². The maximum Gasteiger partial charge on any atom is 0.167 e. The number of Topliss-reactive ketones (excluding diaryl/α,β-unsaturated/α-hetero) is 1. The van der Waals surface area contributed by atoms with Gasteiger partial charge in [0.25, 0.3) is 0 Å². The van der Waals surface area contributed by atoms with Crippen LogP contribution >= 0.6 is 0 Å². The minimum absolute atomic E-state index is 0.0183. The Morgan fingerprint density at radius 1 is 0.756 bits per heavy atom. The number of aliphatic hydroxyl groups excluding tert-OH is 4. The van der Waals surface area contributed by atoms with E-state index in [4.69, 9.17) is 0 Å². The first-order chi connectivity index (χ1) is 19.4. The predicted octanol–water partition coefficient (Wildman–Crippen LogP) is 5.70. The van der Waals surface area contributed by atoms with Crippen LogP contribution in [0.4, 0.5) is 0 Å². The average Bonchev–Trinajstić information content (AvgIpc) is 2.86. The summed E-state index contributed by atoms with van der Waals surface area (Å²) in [5.41, 5.74) is 2.39. The maximum atomic E-state index is 14.1. The first kappa shape index (κ1) is 26.2. The van der Waals surface area contributed by atoms with Gasteiger partial charge in [-0.1, -0.05) is 23.8 Å². The Morgan fingerprint density at radius 2 is 1.41 bits per heavy atom. The largest absolute Gasteiger partial charge is 0.511 e. The fourth-order valence-electron chi connectivity index (χ4n) is 6.86. The van der Waals surface area contributed by atoms with E-state index in [0.717, 1.165) is 17.7 Å². The predicted molar refractivity (Wildman–Crippen MR) is 149 cm³/mol. The van der Waals surface area contributed by atoms with Crippen molar-refractivity contribution in [2.24, 2.45) is 23.7 Å². The highest BCUT2D eigenvalue weighted by Crippen LogP contribution is 2.58. The molecule has 41 heavy (non-hydrogen) atoms. The number of hydrogen-bond acceptors (Lipinski definition) is 9. The third-order valence-electron chi connectivity index (χ3n) is 8.47.